The van der Waals surface area contributed by atoms with Crippen molar-refractivity contribution < 1.29 is 4.79 Å². The molecule has 0 atom stereocenters. The highest BCUT2D eigenvalue weighted by atomic mass is 127. The maximum atomic E-state index is 12.0. The largest absolute Gasteiger partial charge is 0.321 e. The first-order valence-electron chi connectivity index (χ1n) is 5.47. The maximum absolute atomic E-state index is 12.0. The summed E-state index contributed by atoms with van der Waals surface area (Å²) in [7, 11) is 0. The molecule has 0 aliphatic carbocycles. The molecular formula is C12H8IN5O. The van der Waals surface area contributed by atoms with Gasteiger partial charge in [-0.25, -0.2) is 4.98 Å². The van der Waals surface area contributed by atoms with E-state index in [9.17, 15) is 4.79 Å². The topological polar surface area (TPSA) is 83.6 Å². The van der Waals surface area contributed by atoms with Crippen molar-refractivity contribution >= 4 is 45.3 Å². The minimum absolute atomic E-state index is 0.272. The lowest BCUT2D eigenvalue weighted by Crippen LogP contribution is -2.13. The number of aromatic amines is 1. The number of nitrogens with one attached hydrogen (secondary N) is 2. The van der Waals surface area contributed by atoms with Gasteiger partial charge in [-0.2, -0.15) is 10.3 Å². The summed E-state index contributed by atoms with van der Waals surface area (Å²) in [4.78, 5) is 16.2. The number of halogens is 1. The third-order valence-corrected chi connectivity index (χ3v) is 3.23. The van der Waals surface area contributed by atoms with Crippen LogP contribution in [0.25, 0.3) is 11.2 Å². The maximum Gasteiger partial charge on any atom is 0.274 e. The van der Waals surface area contributed by atoms with Gasteiger partial charge < -0.3 is 5.32 Å². The molecule has 0 radical (unpaired) electrons. The van der Waals surface area contributed by atoms with E-state index in [1.165, 1.54) is 0 Å². The first kappa shape index (κ1) is 12.0. The van der Waals surface area contributed by atoms with Crippen LogP contribution in [0.1, 0.15) is 10.5 Å². The Hall–Kier alpha value is -2.03. The molecule has 2 aromatic heterocycles. The molecule has 0 saturated carbocycles. The first-order valence-corrected chi connectivity index (χ1v) is 6.55. The lowest BCUT2D eigenvalue weighted by atomic mass is 10.3. The fourth-order valence-corrected chi connectivity index (χ4v) is 1.95. The number of carbonyl (C=O) groups is 1. The van der Waals surface area contributed by atoms with Crippen LogP contribution in [-0.4, -0.2) is 26.3 Å². The number of carbonyl (C=O) groups excluding carboxylic acids is 1. The van der Waals surface area contributed by atoms with Crippen LogP contribution in [0.15, 0.2) is 36.4 Å². The van der Waals surface area contributed by atoms with Crippen LogP contribution in [0.3, 0.4) is 0 Å². The predicted molar refractivity (Wildman–Crippen MR) is 78.8 cm³/mol. The molecule has 2 heterocycles. The Bertz CT molecular complexity index is 737. The standard InChI is InChI=1S/C12H8IN5O/c13-7-1-3-8(4-2-7)14-12(19)10-6-5-9-11(15-10)17-18-16-9/h1-6H,(H,14,19)(H,15,16,17,18). The third-order valence-electron chi connectivity index (χ3n) is 2.52. The van der Waals surface area contributed by atoms with Crippen molar-refractivity contribution in [2.75, 3.05) is 5.32 Å². The van der Waals surface area contributed by atoms with E-state index in [1.807, 2.05) is 24.3 Å². The minimum Gasteiger partial charge on any atom is -0.321 e. The van der Waals surface area contributed by atoms with Gasteiger partial charge in [0.05, 0.1) is 0 Å². The molecule has 3 aromatic rings. The third kappa shape index (κ3) is 2.55. The predicted octanol–water partition coefficient (Wildman–Crippen LogP) is 2.21. The second-order valence-corrected chi connectivity index (χ2v) is 5.07. The van der Waals surface area contributed by atoms with E-state index in [0.717, 1.165) is 9.26 Å². The monoisotopic (exact) mass is 365 g/mol. The van der Waals surface area contributed by atoms with Gasteiger partial charge in [0, 0.05) is 9.26 Å². The molecule has 7 heteroatoms. The number of aromatic nitrogens is 4. The summed E-state index contributed by atoms with van der Waals surface area (Å²) in [5, 5.41) is 13.0. The van der Waals surface area contributed by atoms with E-state index < -0.39 is 0 Å². The van der Waals surface area contributed by atoms with Crippen molar-refractivity contribution in [3.8, 4) is 0 Å². The zero-order valence-corrected chi connectivity index (χ0v) is 11.7. The Kier molecular flexibility index (Phi) is 3.11. The molecular weight excluding hydrogens is 357 g/mol. The summed E-state index contributed by atoms with van der Waals surface area (Å²) in [6.45, 7) is 0. The number of benzene rings is 1. The van der Waals surface area contributed by atoms with E-state index in [-0.39, 0.29) is 5.91 Å². The average molecular weight is 365 g/mol. The van der Waals surface area contributed by atoms with Crippen molar-refractivity contribution in [3.63, 3.8) is 0 Å². The zero-order valence-electron chi connectivity index (χ0n) is 9.59. The summed E-state index contributed by atoms with van der Waals surface area (Å²) in [6.07, 6.45) is 0. The summed E-state index contributed by atoms with van der Waals surface area (Å²) in [5.74, 6) is -0.272. The molecule has 0 unspecified atom stereocenters. The van der Waals surface area contributed by atoms with Crippen molar-refractivity contribution in [3.05, 3.63) is 45.7 Å². The van der Waals surface area contributed by atoms with E-state index in [0.29, 0.717) is 16.9 Å². The Labute approximate surface area is 121 Å². The summed E-state index contributed by atoms with van der Waals surface area (Å²) >= 11 is 2.21. The van der Waals surface area contributed by atoms with Gasteiger partial charge in [0.2, 0.25) is 5.65 Å². The molecule has 0 bridgehead atoms. The molecule has 0 spiro atoms. The molecule has 0 aliphatic heterocycles. The molecule has 19 heavy (non-hydrogen) atoms. The van der Waals surface area contributed by atoms with E-state index >= 15 is 0 Å². The van der Waals surface area contributed by atoms with Gasteiger partial charge in [0.25, 0.3) is 5.91 Å². The molecule has 1 aromatic carbocycles. The smallest absolute Gasteiger partial charge is 0.274 e. The van der Waals surface area contributed by atoms with Crippen molar-refractivity contribution in [2.45, 2.75) is 0 Å². The van der Waals surface area contributed by atoms with E-state index in [2.05, 4.69) is 48.3 Å². The van der Waals surface area contributed by atoms with Crippen LogP contribution in [0, 0.1) is 3.57 Å². The summed E-state index contributed by atoms with van der Waals surface area (Å²) in [6, 6.07) is 10.8. The number of amides is 1. The number of H-pyrrole nitrogens is 1. The van der Waals surface area contributed by atoms with E-state index in [4.69, 9.17) is 0 Å². The Morgan fingerprint density at radius 3 is 2.68 bits per heavy atom. The van der Waals surface area contributed by atoms with Crippen molar-refractivity contribution in [2.24, 2.45) is 0 Å². The van der Waals surface area contributed by atoms with E-state index in [1.54, 1.807) is 12.1 Å². The normalized spacial score (nSPS) is 10.6. The quantitative estimate of drug-likeness (QED) is 0.683. The molecule has 1 amide bonds. The minimum atomic E-state index is -0.272. The van der Waals surface area contributed by atoms with Crippen molar-refractivity contribution in [1.29, 1.82) is 0 Å². The summed E-state index contributed by atoms with van der Waals surface area (Å²) in [5.41, 5.74) is 2.09. The lowest BCUT2D eigenvalue weighted by molar-refractivity contribution is 0.102. The Balaban J connectivity index is 1.84. The Morgan fingerprint density at radius 1 is 1.11 bits per heavy atom. The van der Waals surface area contributed by atoms with Gasteiger partial charge in [-0.3, -0.25) is 4.79 Å². The average Bonchev–Trinajstić information content (AvgIpc) is 2.88. The second kappa shape index (κ2) is 4.92. The number of hydrogen-bond acceptors (Lipinski definition) is 4. The number of hydrogen-bond donors (Lipinski definition) is 2. The van der Waals surface area contributed by atoms with Gasteiger partial charge in [0.15, 0.2) is 0 Å². The van der Waals surface area contributed by atoms with Gasteiger partial charge in [-0.05, 0) is 59.0 Å². The molecule has 3 rings (SSSR count). The van der Waals surface area contributed by atoms with Gasteiger partial charge >= 0.3 is 0 Å². The molecule has 0 saturated heterocycles. The number of pyridine rings is 1. The number of nitrogens with zero attached hydrogens (tertiary/aromatic N) is 3. The van der Waals surface area contributed by atoms with Crippen LogP contribution in [0.5, 0.6) is 0 Å². The SMILES string of the molecule is O=C(Nc1ccc(I)cc1)c1ccc2n[nH]nc2n1. The van der Waals surface area contributed by atoms with Crippen LogP contribution < -0.4 is 5.32 Å². The number of fused-ring (bicyclic) bond motifs is 1. The molecule has 2 N–H and O–H groups in total. The van der Waals surface area contributed by atoms with Crippen LogP contribution in [0.4, 0.5) is 5.69 Å². The van der Waals surface area contributed by atoms with Crippen LogP contribution in [0.2, 0.25) is 0 Å². The Morgan fingerprint density at radius 2 is 1.89 bits per heavy atom. The number of rotatable bonds is 2. The van der Waals surface area contributed by atoms with Crippen molar-refractivity contribution in [1.82, 2.24) is 20.4 Å². The first-order chi connectivity index (χ1) is 9.22. The molecule has 6 nitrogen and oxygen atoms in total. The van der Waals surface area contributed by atoms with Gasteiger partial charge in [0.1, 0.15) is 11.2 Å². The lowest BCUT2D eigenvalue weighted by Gasteiger charge is -2.04. The fraction of sp³-hybridized carbons (Fsp3) is 0. The summed E-state index contributed by atoms with van der Waals surface area (Å²) < 4.78 is 1.11. The number of anilines is 1. The highest BCUT2D eigenvalue weighted by molar-refractivity contribution is 14.1. The van der Waals surface area contributed by atoms with Crippen LogP contribution >= 0.6 is 22.6 Å². The molecule has 94 valence electrons. The fourth-order valence-electron chi connectivity index (χ4n) is 1.59. The van der Waals surface area contributed by atoms with Gasteiger partial charge in [-0.1, -0.05) is 0 Å². The molecule has 0 fully saturated rings. The van der Waals surface area contributed by atoms with Gasteiger partial charge in [-0.15, -0.1) is 5.10 Å². The molecule has 0 aliphatic rings. The highest BCUT2D eigenvalue weighted by Gasteiger charge is 2.10. The van der Waals surface area contributed by atoms with Crippen LogP contribution in [-0.2, 0) is 0 Å². The highest BCUT2D eigenvalue weighted by Crippen LogP contribution is 2.13. The zero-order chi connectivity index (χ0) is 13.2. The second-order valence-electron chi connectivity index (χ2n) is 3.82.